The molecule has 8 heteroatoms. The molecule has 0 unspecified atom stereocenters. The molecule has 35 heavy (non-hydrogen) atoms. The number of nitrogens with zero attached hydrogens (tertiary/aromatic N) is 1. The monoisotopic (exact) mass is 490 g/mol. The molecule has 190 valence electrons. The molecule has 0 saturated heterocycles. The van der Waals surface area contributed by atoms with Gasteiger partial charge in [-0.1, -0.05) is 54.8 Å². The van der Waals surface area contributed by atoms with E-state index in [1.54, 1.807) is 18.3 Å². The zero-order valence-corrected chi connectivity index (χ0v) is 20.0. The molecule has 1 aliphatic carbocycles. The lowest BCUT2D eigenvalue weighted by molar-refractivity contribution is -0.139. The number of hydrogen-bond donors (Lipinski definition) is 2. The van der Waals surface area contributed by atoms with Crippen molar-refractivity contribution in [3.8, 4) is 0 Å². The van der Waals surface area contributed by atoms with Crippen LogP contribution in [0.2, 0.25) is 0 Å². The van der Waals surface area contributed by atoms with Gasteiger partial charge >= 0.3 is 12.1 Å². The van der Waals surface area contributed by atoms with Gasteiger partial charge in [-0.25, -0.2) is 0 Å². The van der Waals surface area contributed by atoms with Crippen molar-refractivity contribution in [2.75, 3.05) is 6.54 Å². The van der Waals surface area contributed by atoms with E-state index in [1.807, 2.05) is 25.1 Å². The SMILES string of the molecule is Cc1cc(CC=NOCc2ccc(C3CCCCC3)c(C(F)(F)F)c2)ccc1CNCCC(=O)O. The highest BCUT2D eigenvalue weighted by Gasteiger charge is 2.35. The van der Waals surface area contributed by atoms with E-state index in [0.717, 1.165) is 48.8 Å². The maximum atomic E-state index is 13.7. The van der Waals surface area contributed by atoms with E-state index in [1.165, 1.54) is 6.07 Å². The van der Waals surface area contributed by atoms with Crippen molar-refractivity contribution in [2.45, 2.75) is 77.1 Å². The summed E-state index contributed by atoms with van der Waals surface area (Å²) in [5, 5.41) is 15.7. The molecular formula is C27H33F3N2O3. The molecule has 0 aliphatic heterocycles. The van der Waals surface area contributed by atoms with Crippen molar-refractivity contribution >= 4 is 12.2 Å². The second-order valence-corrected chi connectivity index (χ2v) is 9.10. The smallest absolute Gasteiger partial charge is 0.416 e. The quantitative estimate of drug-likeness (QED) is 0.218. The second kappa shape index (κ2) is 12.7. The molecule has 0 heterocycles. The predicted octanol–water partition coefficient (Wildman–Crippen LogP) is 6.37. The molecule has 0 radical (unpaired) electrons. The summed E-state index contributed by atoms with van der Waals surface area (Å²) in [4.78, 5) is 15.8. The standard InChI is InChI=1S/C27H33F3N2O3/c1-19-15-20(7-9-23(19)17-31-13-12-26(33)34)11-14-32-35-18-21-8-10-24(22-5-3-2-4-6-22)25(16-21)27(28,29)30/h7-10,14-16,22,31H,2-6,11-13,17-18H2,1H3,(H,33,34). The predicted molar refractivity (Wildman–Crippen MR) is 129 cm³/mol. The minimum atomic E-state index is -4.39. The average Bonchev–Trinajstić information content (AvgIpc) is 2.82. The lowest BCUT2D eigenvalue weighted by atomic mass is 9.81. The summed E-state index contributed by atoms with van der Waals surface area (Å²) in [6.07, 6.45) is 2.49. The van der Waals surface area contributed by atoms with Gasteiger partial charge in [0.1, 0.15) is 6.61 Å². The molecule has 0 aromatic heterocycles. The highest BCUT2D eigenvalue weighted by molar-refractivity contribution is 5.66. The Kier molecular flexibility index (Phi) is 9.72. The Bertz CT molecular complexity index is 1020. The number of rotatable bonds is 11. The fourth-order valence-corrected chi connectivity index (χ4v) is 4.52. The molecule has 0 amide bonds. The molecule has 0 bridgehead atoms. The van der Waals surface area contributed by atoms with E-state index in [0.29, 0.717) is 30.6 Å². The molecule has 0 atom stereocenters. The maximum Gasteiger partial charge on any atom is 0.416 e. The highest BCUT2D eigenvalue weighted by Crippen LogP contribution is 2.41. The van der Waals surface area contributed by atoms with E-state index in [2.05, 4.69) is 10.5 Å². The van der Waals surface area contributed by atoms with E-state index in [9.17, 15) is 18.0 Å². The van der Waals surface area contributed by atoms with Gasteiger partial charge in [-0.15, -0.1) is 0 Å². The number of benzene rings is 2. The van der Waals surface area contributed by atoms with Crippen molar-refractivity contribution in [2.24, 2.45) is 5.16 Å². The van der Waals surface area contributed by atoms with Crippen molar-refractivity contribution in [1.29, 1.82) is 0 Å². The number of oxime groups is 1. The Morgan fingerprint density at radius 2 is 1.89 bits per heavy atom. The first-order valence-corrected chi connectivity index (χ1v) is 12.1. The Hall–Kier alpha value is -2.87. The topological polar surface area (TPSA) is 70.9 Å². The van der Waals surface area contributed by atoms with Crippen LogP contribution in [0.5, 0.6) is 0 Å². The summed E-state index contributed by atoms with van der Waals surface area (Å²) in [7, 11) is 0. The number of halogens is 3. The number of carboxylic acid groups (broad SMARTS) is 1. The van der Waals surface area contributed by atoms with E-state index in [4.69, 9.17) is 9.94 Å². The number of hydrogen-bond acceptors (Lipinski definition) is 4. The van der Waals surface area contributed by atoms with E-state index in [-0.39, 0.29) is 18.9 Å². The van der Waals surface area contributed by atoms with Crippen LogP contribution in [0.15, 0.2) is 41.6 Å². The third-order valence-electron chi connectivity index (χ3n) is 6.41. The minimum Gasteiger partial charge on any atom is -0.481 e. The Morgan fingerprint density at radius 3 is 2.57 bits per heavy atom. The zero-order chi connectivity index (χ0) is 25.3. The number of aryl methyl sites for hydroxylation is 1. The van der Waals surface area contributed by atoms with E-state index < -0.39 is 17.7 Å². The molecule has 5 nitrogen and oxygen atoms in total. The van der Waals surface area contributed by atoms with Crippen molar-refractivity contribution < 1.29 is 27.9 Å². The Balaban J connectivity index is 1.51. The Labute approximate surface area is 204 Å². The van der Waals surface area contributed by atoms with Gasteiger partial charge in [-0.05, 0) is 59.6 Å². The van der Waals surface area contributed by atoms with Crippen molar-refractivity contribution in [3.05, 3.63) is 69.8 Å². The van der Waals surface area contributed by atoms with Crippen LogP contribution in [0.25, 0.3) is 0 Å². The summed E-state index contributed by atoms with van der Waals surface area (Å²) >= 11 is 0. The van der Waals surface area contributed by atoms with Crippen molar-refractivity contribution in [3.63, 3.8) is 0 Å². The van der Waals surface area contributed by atoms with Crippen LogP contribution in [-0.4, -0.2) is 23.8 Å². The van der Waals surface area contributed by atoms with Gasteiger partial charge in [0.2, 0.25) is 0 Å². The summed E-state index contributed by atoms with van der Waals surface area (Å²) in [5.74, 6) is -0.855. The molecule has 1 aliphatic rings. The molecule has 2 aromatic carbocycles. The highest BCUT2D eigenvalue weighted by atomic mass is 19.4. The maximum absolute atomic E-state index is 13.7. The largest absolute Gasteiger partial charge is 0.481 e. The van der Waals surface area contributed by atoms with Gasteiger partial charge in [-0.3, -0.25) is 4.79 Å². The van der Waals surface area contributed by atoms with Crippen LogP contribution in [0, 0.1) is 6.92 Å². The summed E-state index contributed by atoms with van der Waals surface area (Å²) in [6, 6.07) is 10.5. The van der Waals surface area contributed by atoms with Gasteiger partial charge in [0.05, 0.1) is 12.0 Å². The third kappa shape index (κ3) is 8.38. The van der Waals surface area contributed by atoms with Gasteiger partial charge in [0.25, 0.3) is 0 Å². The fraction of sp³-hybridized carbons (Fsp3) is 0.481. The lowest BCUT2D eigenvalue weighted by Gasteiger charge is -2.25. The van der Waals surface area contributed by atoms with Gasteiger partial charge < -0.3 is 15.3 Å². The molecular weight excluding hydrogens is 457 g/mol. The number of aliphatic carboxylic acids is 1. The number of alkyl halides is 3. The van der Waals surface area contributed by atoms with E-state index >= 15 is 0 Å². The van der Waals surface area contributed by atoms with Crippen LogP contribution in [0.4, 0.5) is 13.2 Å². The average molecular weight is 491 g/mol. The summed E-state index contributed by atoms with van der Waals surface area (Å²) in [5.41, 5.74) is 3.50. The lowest BCUT2D eigenvalue weighted by Crippen LogP contribution is -2.18. The second-order valence-electron chi connectivity index (χ2n) is 9.10. The number of carboxylic acids is 1. The van der Waals surface area contributed by atoms with Gasteiger partial charge in [-0.2, -0.15) is 13.2 Å². The summed E-state index contributed by atoms with van der Waals surface area (Å²) in [6.45, 7) is 2.97. The normalized spacial score (nSPS) is 15.0. The van der Waals surface area contributed by atoms with Crippen molar-refractivity contribution in [1.82, 2.24) is 5.32 Å². The van der Waals surface area contributed by atoms with Gasteiger partial charge in [0, 0.05) is 25.7 Å². The van der Waals surface area contributed by atoms with Gasteiger partial charge in [0.15, 0.2) is 0 Å². The number of nitrogens with one attached hydrogen (secondary N) is 1. The molecule has 2 aromatic rings. The fourth-order valence-electron chi connectivity index (χ4n) is 4.52. The molecule has 1 fully saturated rings. The minimum absolute atomic E-state index is 0.0233. The summed E-state index contributed by atoms with van der Waals surface area (Å²) < 4.78 is 41.1. The van der Waals surface area contributed by atoms with Crippen LogP contribution in [0.3, 0.4) is 0 Å². The number of carbonyl (C=O) groups is 1. The molecule has 0 spiro atoms. The molecule has 2 N–H and O–H groups in total. The Morgan fingerprint density at radius 1 is 1.14 bits per heavy atom. The van der Waals surface area contributed by atoms with Crippen LogP contribution >= 0.6 is 0 Å². The first-order valence-electron chi connectivity index (χ1n) is 12.1. The third-order valence-corrected chi connectivity index (χ3v) is 6.41. The molecule has 3 rings (SSSR count). The first kappa shape index (κ1) is 26.7. The first-order chi connectivity index (χ1) is 16.7. The van der Waals surface area contributed by atoms with Crippen LogP contribution < -0.4 is 5.32 Å². The zero-order valence-electron chi connectivity index (χ0n) is 20.0. The molecule has 1 saturated carbocycles. The van der Waals surface area contributed by atoms with Crippen LogP contribution in [0.1, 0.15) is 77.8 Å². The van der Waals surface area contributed by atoms with Crippen LogP contribution in [-0.2, 0) is 35.4 Å².